The van der Waals surface area contributed by atoms with Gasteiger partial charge >= 0.3 is 0 Å². The van der Waals surface area contributed by atoms with Gasteiger partial charge < -0.3 is 10.5 Å². The largest absolute Gasteiger partial charge is 0.365 e. The molecule has 0 saturated carbocycles. The summed E-state index contributed by atoms with van der Waals surface area (Å²) in [5.74, 6) is -0.659. The summed E-state index contributed by atoms with van der Waals surface area (Å²) in [7, 11) is 0. The van der Waals surface area contributed by atoms with E-state index in [-0.39, 0.29) is 35.9 Å². The summed E-state index contributed by atoms with van der Waals surface area (Å²) in [6.07, 6.45) is 5.08. The number of hydrogen-bond acceptors (Lipinski definition) is 4. The Morgan fingerprint density at radius 3 is 2.24 bits per heavy atom. The van der Waals surface area contributed by atoms with E-state index in [0.717, 1.165) is 12.8 Å². The molecule has 2 saturated heterocycles. The number of unbranched alkanes of at least 4 members (excludes halogenated alkanes) is 1. The minimum absolute atomic E-state index is 0.0612. The van der Waals surface area contributed by atoms with Crippen LogP contribution < -0.4 is 5.73 Å². The zero-order chi connectivity index (χ0) is 12.0. The second-order valence-corrected chi connectivity index (χ2v) is 4.83. The van der Waals surface area contributed by atoms with E-state index >= 15 is 0 Å². The fourth-order valence-corrected chi connectivity index (χ4v) is 3.00. The Balaban J connectivity index is 1.74. The summed E-state index contributed by atoms with van der Waals surface area (Å²) in [6.45, 7) is 1.10. The Kier molecular flexibility index (Phi) is 2.52. The first-order valence-electron chi connectivity index (χ1n) is 6.13. The molecule has 92 valence electrons. The van der Waals surface area contributed by atoms with Crippen LogP contribution in [0.1, 0.15) is 12.8 Å². The van der Waals surface area contributed by atoms with Crippen molar-refractivity contribution in [1.82, 2.24) is 4.90 Å². The summed E-state index contributed by atoms with van der Waals surface area (Å²) >= 11 is 0. The Morgan fingerprint density at radius 1 is 1.12 bits per heavy atom. The van der Waals surface area contributed by atoms with Crippen LogP contribution in [0.15, 0.2) is 12.2 Å². The normalized spacial score (nSPS) is 38.3. The van der Waals surface area contributed by atoms with Gasteiger partial charge in [0.2, 0.25) is 11.8 Å². The minimum atomic E-state index is -0.268. The smallest absolute Gasteiger partial charge is 0.236 e. The molecule has 2 amide bonds. The molecule has 3 heterocycles. The summed E-state index contributed by atoms with van der Waals surface area (Å²) in [6, 6.07) is 0. The predicted octanol–water partition coefficient (Wildman–Crippen LogP) is -0.336. The topological polar surface area (TPSA) is 72.6 Å². The highest BCUT2D eigenvalue weighted by Gasteiger charge is 2.60. The number of nitrogens with two attached hydrogens (primary N) is 1. The third-order valence-electron chi connectivity index (χ3n) is 3.84. The van der Waals surface area contributed by atoms with Crippen LogP contribution in [-0.2, 0) is 14.3 Å². The summed E-state index contributed by atoms with van der Waals surface area (Å²) in [4.78, 5) is 25.7. The average Bonchev–Trinajstić information content (AvgIpc) is 2.97. The van der Waals surface area contributed by atoms with E-state index in [1.807, 2.05) is 12.2 Å². The van der Waals surface area contributed by atoms with Crippen LogP contribution in [0.4, 0.5) is 0 Å². The molecule has 4 atom stereocenters. The van der Waals surface area contributed by atoms with Gasteiger partial charge in [-0.3, -0.25) is 14.5 Å². The van der Waals surface area contributed by atoms with E-state index in [2.05, 4.69) is 0 Å². The standard InChI is InChI=1S/C12H16N2O3/c13-5-1-2-6-14-11(15)9-7-3-4-8(17-7)10(9)12(14)16/h3-4,7-10H,1-2,5-6,13H2/t7-,8+,9-,10-/m0/s1. The lowest BCUT2D eigenvalue weighted by molar-refractivity contribution is -0.142. The van der Waals surface area contributed by atoms with Crippen molar-refractivity contribution in [2.75, 3.05) is 13.1 Å². The fraction of sp³-hybridized carbons (Fsp3) is 0.667. The third kappa shape index (κ3) is 1.46. The van der Waals surface area contributed by atoms with Gasteiger partial charge in [0.25, 0.3) is 0 Å². The number of carbonyl (C=O) groups is 2. The number of carbonyl (C=O) groups excluding carboxylic acids is 2. The van der Waals surface area contributed by atoms with Crippen molar-refractivity contribution in [3.63, 3.8) is 0 Å². The number of imide groups is 1. The van der Waals surface area contributed by atoms with Crippen molar-refractivity contribution in [1.29, 1.82) is 0 Å². The molecule has 0 unspecified atom stereocenters. The molecule has 5 heteroatoms. The third-order valence-corrected chi connectivity index (χ3v) is 3.84. The number of ether oxygens (including phenoxy) is 1. The van der Waals surface area contributed by atoms with Gasteiger partial charge in [0.15, 0.2) is 0 Å². The molecule has 0 aromatic carbocycles. The molecular formula is C12H16N2O3. The highest BCUT2D eigenvalue weighted by atomic mass is 16.5. The van der Waals surface area contributed by atoms with Crippen molar-refractivity contribution < 1.29 is 14.3 Å². The molecular weight excluding hydrogens is 220 g/mol. The Morgan fingerprint density at radius 2 is 1.71 bits per heavy atom. The number of fused-ring (bicyclic) bond motifs is 5. The number of rotatable bonds is 4. The van der Waals surface area contributed by atoms with Gasteiger partial charge in [0.05, 0.1) is 24.0 Å². The van der Waals surface area contributed by atoms with Gasteiger partial charge in [-0.1, -0.05) is 12.2 Å². The van der Waals surface area contributed by atoms with E-state index in [1.54, 1.807) is 0 Å². The van der Waals surface area contributed by atoms with E-state index < -0.39 is 0 Å². The molecule has 0 aliphatic carbocycles. The van der Waals surface area contributed by atoms with Crippen LogP contribution in [0.25, 0.3) is 0 Å². The van der Waals surface area contributed by atoms with E-state index in [0.29, 0.717) is 13.1 Å². The maximum Gasteiger partial charge on any atom is 0.236 e. The summed E-state index contributed by atoms with van der Waals surface area (Å²) in [5, 5.41) is 0. The number of hydrogen-bond donors (Lipinski definition) is 1. The van der Waals surface area contributed by atoms with Crippen LogP contribution in [0.5, 0.6) is 0 Å². The first-order chi connectivity index (χ1) is 8.24. The Labute approximate surface area is 99.6 Å². The van der Waals surface area contributed by atoms with Gasteiger partial charge in [0.1, 0.15) is 0 Å². The lowest BCUT2D eigenvalue weighted by Crippen LogP contribution is -2.35. The fourth-order valence-electron chi connectivity index (χ4n) is 3.00. The van der Waals surface area contributed by atoms with Crippen molar-refractivity contribution in [3.05, 3.63) is 12.2 Å². The van der Waals surface area contributed by atoms with E-state index in [9.17, 15) is 9.59 Å². The quantitative estimate of drug-likeness (QED) is 0.412. The van der Waals surface area contributed by atoms with Crippen molar-refractivity contribution in [2.45, 2.75) is 25.0 Å². The van der Waals surface area contributed by atoms with Gasteiger partial charge in [0, 0.05) is 6.54 Å². The number of nitrogens with zero attached hydrogens (tertiary/aromatic N) is 1. The predicted molar refractivity (Wildman–Crippen MR) is 59.8 cm³/mol. The van der Waals surface area contributed by atoms with Gasteiger partial charge in [-0.05, 0) is 19.4 Å². The molecule has 0 radical (unpaired) electrons. The SMILES string of the molecule is NCCCCN1C(=O)[C@@H]2[C@@H](C1=O)[C@H]1C=C[C@@H]2O1. The molecule has 3 aliphatic heterocycles. The molecule has 3 rings (SSSR count). The van der Waals surface area contributed by atoms with Gasteiger partial charge in [-0.2, -0.15) is 0 Å². The molecule has 2 N–H and O–H groups in total. The number of amides is 2. The number of likely N-dealkylation sites (tertiary alicyclic amines) is 1. The van der Waals surface area contributed by atoms with E-state index in [4.69, 9.17) is 10.5 Å². The van der Waals surface area contributed by atoms with Crippen molar-refractivity contribution in [2.24, 2.45) is 17.6 Å². The van der Waals surface area contributed by atoms with Gasteiger partial charge in [-0.25, -0.2) is 0 Å². The van der Waals surface area contributed by atoms with Crippen LogP contribution >= 0.6 is 0 Å². The molecule has 0 aromatic heterocycles. The highest BCUT2D eigenvalue weighted by molar-refractivity contribution is 6.06. The minimum Gasteiger partial charge on any atom is -0.365 e. The monoisotopic (exact) mass is 236 g/mol. The maximum absolute atomic E-state index is 12.1. The second-order valence-electron chi connectivity index (χ2n) is 4.83. The first kappa shape index (κ1) is 10.9. The zero-order valence-electron chi connectivity index (χ0n) is 9.54. The molecule has 2 bridgehead atoms. The highest BCUT2D eigenvalue weighted by Crippen LogP contribution is 2.44. The van der Waals surface area contributed by atoms with Crippen molar-refractivity contribution >= 4 is 11.8 Å². The Bertz CT molecular complexity index is 363. The average molecular weight is 236 g/mol. The molecule has 17 heavy (non-hydrogen) atoms. The lowest BCUT2D eigenvalue weighted by Gasteiger charge is -2.17. The van der Waals surface area contributed by atoms with Crippen LogP contribution in [0.3, 0.4) is 0 Å². The maximum atomic E-state index is 12.1. The van der Waals surface area contributed by atoms with Crippen LogP contribution in [-0.4, -0.2) is 42.0 Å². The molecule has 2 fully saturated rings. The zero-order valence-corrected chi connectivity index (χ0v) is 9.54. The molecule has 0 aromatic rings. The Hall–Kier alpha value is -1.20. The van der Waals surface area contributed by atoms with E-state index in [1.165, 1.54) is 4.90 Å². The van der Waals surface area contributed by atoms with Crippen LogP contribution in [0, 0.1) is 11.8 Å². The summed E-state index contributed by atoms with van der Waals surface area (Å²) < 4.78 is 5.55. The van der Waals surface area contributed by atoms with Crippen molar-refractivity contribution in [3.8, 4) is 0 Å². The first-order valence-corrected chi connectivity index (χ1v) is 6.13. The molecule has 3 aliphatic rings. The summed E-state index contributed by atoms with van der Waals surface area (Å²) in [5.41, 5.74) is 5.41. The molecule has 5 nitrogen and oxygen atoms in total. The van der Waals surface area contributed by atoms with Crippen LogP contribution in [0.2, 0.25) is 0 Å². The molecule has 0 spiro atoms. The lowest BCUT2D eigenvalue weighted by atomic mass is 9.85. The van der Waals surface area contributed by atoms with Gasteiger partial charge in [-0.15, -0.1) is 0 Å². The second kappa shape index (κ2) is 3.92.